The smallest absolute Gasteiger partial charge is 0.264 e. The molecule has 7 heteroatoms. The fraction of sp³-hybridized carbons (Fsp3) is 0.296. The summed E-state index contributed by atoms with van der Waals surface area (Å²) in [5, 5.41) is 2.89. The molecule has 3 aromatic carbocycles. The molecule has 1 aliphatic heterocycles. The third-order valence-corrected chi connectivity index (χ3v) is 7.92. The van der Waals surface area contributed by atoms with E-state index in [1.807, 2.05) is 38.1 Å². The zero-order valence-corrected chi connectivity index (χ0v) is 20.5. The SMILES string of the molecule is Cc1ccc(C)c(N(CC(=O)NCc2ccc(N3CCCC3)cc2)S(=O)(=O)c2ccccc2)c1. The van der Waals surface area contributed by atoms with Crippen LogP contribution < -0.4 is 14.5 Å². The van der Waals surface area contributed by atoms with Gasteiger partial charge in [-0.1, -0.05) is 42.5 Å². The van der Waals surface area contributed by atoms with Crippen molar-refractivity contribution in [2.45, 2.75) is 38.1 Å². The van der Waals surface area contributed by atoms with Crippen molar-refractivity contribution in [3.63, 3.8) is 0 Å². The van der Waals surface area contributed by atoms with Gasteiger partial charge in [0, 0.05) is 25.3 Å². The standard InChI is InChI=1S/C27H31N3O3S/c1-21-10-11-22(2)26(18-21)30(34(32,33)25-8-4-3-5-9-25)20-27(31)28-19-23-12-14-24(15-13-23)29-16-6-7-17-29/h3-5,8-15,18H,6-7,16-17,19-20H2,1-2H3,(H,28,31). The van der Waals surface area contributed by atoms with Crippen molar-refractivity contribution in [2.24, 2.45) is 0 Å². The summed E-state index contributed by atoms with van der Waals surface area (Å²) >= 11 is 0. The van der Waals surface area contributed by atoms with Crippen molar-refractivity contribution >= 4 is 27.3 Å². The largest absolute Gasteiger partial charge is 0.372 e. The number of nitrogens with zero attached hydrogens (tertiary/aromatic N) is 2. The zero-order valence-electron chi connectivity index (χ0n) is 19.7. The van der Waals surface area contributed by atoms with E-state index < -0.39 is 10.0 Å². The van der Waals surface area contributed by atoms with Crippen LogP contribution in [0.2, 0.25) is 0 Å². The van der Waals surface area contributed by atoms with E-state index in [4.69, 9.17) is 0 Å². The number of rotatable bonds is 8. The lowest BCUT2D eigenvalue weighted by molar-refractivity contribution is -0.119. The molecule has 1 amide bonds. The van der Waals surface area contributed by atoms with Gasteiger partial charge in [0.25, 0.3) is 10.0 Å². The molecule has 0 bridgehead atoms. The molecule has 0 aromatic heterocycles. The first-order valence-corrected chi connectivity index (χ1v) is 13.0. The van der Waals surface area contributed by atoms with Crippen molar-refractivity contribution in [3.05, 3.63) is 89.5 Å². The summed E-state index contributed by atoms with van der Waals surface area (Å²) in [7, 11) is -3.92. The number of hydrogen-bond acceptors (Lipinski definition) is 4. The average Bonchev–Trinajstić information content (AvgIpc) is 3.39. The number of hydrogen-bond donors (Lipinski definition) is 1. The molecule has 34 heavy (non-hydrogen) atoms. The Morgan fingerprint density at radius 2 is 1.62 bits per heavy atom. The van der Waals surface area contributed by atoms with Gasteiger partial charge in [-0.15, -0.1) is 0 Å². The van der Waals surface area contributed by atoms with Gasteiger partial charge in [-0.3, -0.25) is 9.10 Å². The molecule has 4 rings (SSSR count). The van der Waals surface area contributed by atoms with Crippen LogP contribution >= 0.6 is 0 Å². The Kier molecular flexibility index (Phi) is 7.22. The van der Waals surface area contributed by atoms with Crippen LogP contribution in [0.4, 0.5) is 11.4 Å². The second kappa shape index (κ2) is 10.3. The quantitative estimate of drug-likeness (QED) is 0.522. The first-order valence-electron chi connectivity index (χ1n) is 11.6. The van der Waals surface area contributed by atoms with E-state index >= 15 is 0 Å². The fourth-order valence-electron chi connectivity index (χ4n) is 4.19. The lowest BCUT2D eigenvalue weighted by Crippen LogP contribution is -2.41. The molecule has 178 valence electrons. The van der Waals surface area contributed by atoms with Gasteiger partial charge >= 0.3 is 0 Å². The van der Waals surface area contributed by atoms with Crippen LogP contribution in [0.1, 0.15) is 29.5 Å². The molecule has 1 aliphatic rings. The molecule has 1 fully saturated rings. The van der Waals surface area contributed by atoms with Gasteiger partial charge < -0.3 is 10.2 Å². The van der Waals surface area contributed by atoms with E-state index in [9.17, 15) is 13.2 Å². The Labute approximate surface area is 202 Å². The fourth-order valence-corrected chi connectivity index (χ4v) is 5.69. The summed E-state index contributed by atoms with van der Waals surface area (Å²) < 4.78 is 28.2. The van der Waals surface area contributed by atoms with Crippen LogP contribution in [0.15, 0.2) is 77.7 Å². The van der Waals surface area contributed by atoms with Gasteiger partial charge in [0.2, 0.25) is 5.91 Å². The number of benzene rings is 3. The third-order valence-electron chi connectivity index (χ3n) is 6.15. The molecule has 0 saturated carbocycles. The first kappa shape index (κ1) is 23.8. The molecule has 1 heterocycles. The van der Waals surface area contributed by atoms with E-state index in [1.165, 1.54) is 22.8 Å². The Morgan fingerprint density at radius 3 is 2.29 bits per heavy atom. The number of carbonyl (C=O) groups excluding carboxylic acids is 1. The minimum Gasteiger partial charge on any atom is -0.372 e. The third kappa shape index (κ3) is 5.42. The van der Waals surface area contributed by atoms with Crippen molar-refractivity contribution in [3.8, 4) is 0 Å². The summed E-state index contributed by atoms with van der Waals surface area (Å²) in [5.74, 6) is -0.357. The molecule has 1 saturated heterocycles. The minimum atomic E-state index is -3.92. The summed E-state index contributed by atoms with van der Waals surface area (Å²) in [5.41, 5.74) is 4.39. The highest BCUT2D eigenvalue weighted by Crippen LogP contribution is 2.28. The highest BCUT2D eigenvalue weighted by molar-refractivity contribution is 7.92. The Hall–Kier alpha value is -3.32. The maximum absolute atomic E-state index is 13.5. The molecule has 0 spiro atoms. The van der Waals surface area contributed by atoms with Crippen LogP contribution in [0.25, 0.3) is 0 Å². The average molecular weight is 478 g/mol. The first-order chi connectivity index (χ1) is 16.3. The van der Waals surface area contributed by atoms with Crippen molar-refractivity contribution in [1.82, 2.24) is 5.32 Å². The predicted molar refractivity (Wildman–Crippen MR) is 137 cm³/mol. The second-order valence-corrected chi connectivity index (χ2v) is 10.6. The lowest BCUT2D eigenvalue weighted by atomic mass is 10.1. The van der Waals surface area contributed by atoms with Crippen molar-refractivity contribution in [2.75, 3.05) is 28.8 Å². The maximum Gasteiger partial charge on any atom is 0.264 e. The molecular formula is C27H31N3O3S. The number of anilines is 2. The minimum absolute atomic E-state index is 0.154. The lowest BCUT2D eigenvalue weighted by Gasteiger charge is -2.26. The van der Waals surface area contributed by atoms with E-state index in [1.54, 1.807) is 36.4 Å². The van der Waals surface area contributed by atoms with Gasteiger partial charge in [-0.2, -0.15) is 0 Å². The van der Waals surface area contributed by atoms with Crippen molar-refractivity contribution in [1.29, 1.82) is 0 Å². The Bertz CT molecular complexity index is 1240. The molecule has 6 nitrogen and oxygen atoms in total. The number of nitrogens with one attached hydrogen (secondary N) is 1. The van der Waals surface area contributed by atoms with Gasteiger partial charge in [0.15, 0.2) is 0 Å². The summed E-state index contributed by atoms with van der Waals surface area (Å²) in [6, 6.07) is 22.0. The van der Waals surface area contributed by atoms with E-state index in [0.717, 1.165) is 29.8 Å². The van der Waals surface area contributed by atoms with E-state index in [2.05, 4.69) is 22.3 Å². The van der Waals surface area contributed by atoms with Crippen molar-refractivity contribution < 1.29 is 13.2 Å². The monoisotopic (exact) mass is 477 g/mol. The normalized spacial score (nSPS) is 13.6. The van der Waals surface area contributed by atoms with Gasteiger partial charge in [-0.05, 0) is 73.7 Å². The maximum atomic E-state index is 13.5. The molecule has 0 aliphatic carbocycles. The van der Waals surface area contributed by atoms with E-state index in [-0.39, 0.29) is 17.3 Å². The highest BCUT2D eigenvalue weighted by atomic mass is 32.2. The molecule has 0 radical (unpaired) electrons. The van der Waals surface area contributed by atoms with Crippen LogP contribution in [0.3, 0.4) is 0 Å². The predicted octanol–water partition coefficient (Wildman–Crippen LogP) is 4.42. The van der Waals surface area contributed by atoms with E-state index in [0.29, 0.717) is 12.2 Å². The Balaban J connectivity index is 1.51. The second-order valence-electron chi connectivity index (χ2n) is 8.75. The zero-order chi connectivity index (χ0) is 24.1. The molecule has 3 aromatic rings. The number of carbonyl (C=O) groups is 1. The van der Waals surface area contributed by atoms with Crippen LogP contribution in [-0.4, -0.2) is 34.0 Å². The molecular weight excluding hydrogens is 446 g/mol. The molecule has 0 unspecified atom stereocenters. The Morgan fingerprint density at radius 1 is 0.941 bits per heavy atom. The van der Waals surface area contributed by atoms with Gasteiger partial charge in [0.05, 0.1) is 10.6 Å². The van der Waals surface area contributed by atoms with Crippen LogP contribution in [0.5, 0.6) is 0 Å². The molecule has 1 N–H and O–H groups in total. The number of sulfonamides is 1. The summed E-state index contributed by atoms with van der Waals surface area (Å²) in [4.78, 5) is 15.4. The van der Waals surface area contributed by atoms with Crippen LogP contribution in [-0.2, 0) is 21.4 Å². The summed E-state index contributed by atoms with van der Waals surface area (Å²) in [6.07, 6.45) is 2.45. The number of aryl methyl sites for hydroxylation is 2. The highest BCUT2D eigenvalue weighted by Gasteiger charge is 2.28. The van der Waals surface area contributed by atoms with Gasteiger partial charge in [-0.25, -0.2) is 8.42 Å². The number of amides is 1. The van der Waals surface area contributed by atoms with Gasteiger partial charge in [0.1, 0.15) is 6.54 Å². The summed E-state index contributed by atoms with van der Waals surface area (Å²) in [6.45, 7) is 5.96. The topological polar surface area (TPSA) is 69.7 Å². The molecule has 0 atom stereocenters. The van der Waals surface area contributed by atoms with Crippen LogP contribution in [0, 0.1) is 13.8 Å².